The SMILES string of the molecule is COC(=O)C(N)CSCCN1C(=O)CCC1=O. The Morgan fingerprint density at radius 3 is 2.59 bits per heavy atom. The zero-order chi connectivity index (χ0) is 12.8. The van der Waals surface area contributed by atoms with Crippen molar-refractivity contribution < 1.29 is 19.1 Å². The van der Waals surface area contributed by atoms with Gasteiger partial charge in [0.25, 0.3) is 0 Å². The lowest BCUT2D eigenvalue weighted by atomic mass is 10.4. The maximum Gasteiger partial charge on any atom is 0.323 e. The minimum atomic E-state index is -0.657. The van der Waals surface area contributed by atoms with Crippen LogP contribution >= 0.6 is 11.8 Å². The van der Waals surface area contributed by atoms with Crippen LogP contribution in [0.5, 0.6) is 0 Å². The highest BCUT2D eigenvalue weighted by atomic mass is 32.2. The van der Waals surface area contributed by atoms with E-state index in [1.165, 1.54) is 23.8 Å². The summed E-state index contributed by atoms with van der Waals surface area (Å²) in [6.45, 7) is 0.385. The lowest BCUT2D eigenvalue weighted by Crippen LogP contribution is -2.35. The molecule has 1 fully saturated rings. The van der Waals surface area contributed by atoms with Gasteiger partial charge < -0.3 is 10.5 Å². The molecule has 0 aromatic heterocycles. The number of carbonyl (C=O) groups excluding carboxylic acids is 3. The zero-order valence-electron chi connectivity index (χ0n) is 9.68. The van der Waals surface area contributed by atoms with Crippen molar-refractivity contribution in [1.29, 1.82) is 0 Å². The average molecular weight is 260 g/mol. The first-order valence-electron chi connectivity index (χ1n) is 5.30. The Morgan fingerprint density at radius 2 is 2.06 bits per heavy atom. The third kappa shape index (κ3) is 4.01. The second kappa shape index (κ2) is 6.61. The van der Waals surface area contributed by atoms with Crippen molar-refractivity contribution in [2.75, 3.05) is 25.2 Å². The molecule has 0 bridgehead atoms. The molecule has 2 N–H and O–H groups in total. The fourth-order valence-corrected chi connectivity index (χ4v) is 2.33. The third-order valence-electron chi connectivity index (χ3n) is 2.42. The van der Waals surface area contributed by atoms with Crippen molar-refractivity contribution in [3.63, 3.8) is 0 Å². The van der Waals surface area contributed by atoms with Crippen molar-refractivity contribution in [3.05, 3.63) is 0 Å². The first kappa shape index (κ1) is 14.0. The Labute approximate surface area is 104 Å². The number of esters is 1. The first-order valence-corrected chi connectivity index (χ1v) is 6.46. The van der Waals surface area contributed by atoms with Gasteiger partial charge in [-0.2, -0.15) is 11.8 Å². The summed E-state index contributed by atoms with van der Waals surface area (Å²) in [6, 6.07) is -0.657. The van der Waals surface area contributed by atoms with Gasteiger partial charge in [-0.25, -0.2) is 0 Å². The van der Waals surface area contributed by atoms with Crippen molar-refractivity contribution in [3.8, 4) is 0 Å². The van der Waals surface area contributed by atoms with Gasteiger partial charge in [0.1, 0.15) is 6.04 Å². The maximum atomic E-state index is 11.3. The van der Waals surface area contributed by atoms with Gasteiger partial charge in [-0.15, -0.1) is 0 Å². The molecule has 1 atom stereocenters. The van der Waals surface area contributed by atoms with E-state index in [9.17, 15) is 14.4 Å². The largest absolute Gasteiger partial charge is 0.468 e. The highest BCUT2D eigenvalue weighted by Gasteiger charge is 2.28. The molecule has 1 rings (SSSR count). The summed E-state index contributed by atoms with van der Waals surface area (Å²) < 4.78 is 4.48. The Morgan fingerprint density at radius 1 is 1.47 bits per heavy atom. The molecule has 2 amide bonds. The smallest absolute Gasteiger partial charge is 0.323 e. The van der Waals surface area contributed by atoms with Crippen molar-refractivity contribution in [1.82, 2.24) is 4.90 Å². The fraction of sp³-hybridized carbons (Fsp3) is 0.700. The summed E-state index contributed by atoms with van der Waals surface area (Å²) >= 11 is 1.42. The third-order valence-corrected chi connectivity index (χ3v) is 3.48. The summed E-state index contributed by atoms with van der Waals surface area (Å²) in [5, 5.41) is 0. The Hall–Kier alpha value is -1.08. The summed E-state index contributed by atoms with van der Waals surface area (Å²) in [5.41, 5.74) is 5.53. The highest BCUT2D eigenvalue weighted by molar-refractivity contribution is 7.99. The minimum Gasteiger partial charge on any atom is -0.468 e. The zero-order valence-corrected chi connectivity index (χ0v) is 10.5. The van der Waals surface area contributed by atoms with Gasteiger partial charge >= 0.3 is 5.97 Å². The van der Waals surface area contributed by atoms with E-state index in [0.29, 0.717) is 30.9 Å². The highest BCUT2D eigenvalue weighted by Crippen LogP contribution is 2.13. The minimum absolute atomic E-state index is 0.118. The van der Waals surface area contributed by atoms with E-state index in [0.717, 1.165) is 0 Å². The number of ether oxygens (including phenoxy) is 1. The predicted molar refractivity (Wildman–Crippen MR) is 63.3 cm³/mol. The van der Waals surface area contributed by atoms with Gasteiger partial charge in [0, 0.05) is 30.9 Å². The number of carbonyl (C=O) groups is 3. The number of methoxy groups -OCH3 is 1. The van der Waals surface area contributed by atoms with Crippen LogP contribution < -0.4 is 5.73 Å². The van der Waals surface area contributed by atoms with Gasteiger partial charge in [0.05, 0.1) is 7.11 Å². The molecule has 0 aliphatic carbocycles. The number of likely N-dealkylation sites (tertiary alicyclic amines) is 1. The topological polar surface area (TPSA) is 89.7 Å². The molecule has 7 heteroatoms. The first-order chi connectivity index (χ1) is 8.06. The quantitative estimate of drug-likeness (QED) is 0.388. The van der Waals surface area contributed by atoms with Crippen LogP contribution in [0.4, 0.5) is 0 Å². The normalized spacial score (nSPS) is 17.4. The summed E-state index contributed by atoms with van der Waals surface area (Å²) in [7, 11) is 1.29. The Bertz CT molecular complexity index is 305. The van der Waals surface area contributed by atoms with E-state index in [4.69, 9.17) is 5.73 Å². The molecule has 1 unspecified atom stereocenters. The second-order valence-corrected chi connectivity index (χ2v) is 4.79. The van der Waals surface area contributed by atoms with Crippen LogP contribution in [0.25, 0.3) is 0 Å². The summed E-state index contributed by atoms with van der Waals surface area (Å²) in [6.07, 6.45) is 0.621. The molecule has 1 aliphatic heterocycles. The van der Waals surface area contributed by atoms with Gasteiger partial charge in [-0.1, -0.05) is 0 Å². The maximum absolute atomic E-state index is 11.3. The molecule has 17 heavy (non-hydrogen) atoms. The van der Waals surface area contributed by atoms with Crippen molar-refractivity contribution >= 4 is 29.5 Å². The lowest BCUT2D eigenvalue weighted by molar-refractivity contribution is -0.141. The predicted octanol–water partition coefficient (Wildman–Crippen LogP) is -0.631. The summed E-state index contributed by atoms with van der Waals surface area (Å²) in [5.74, 6) is 0.317. The standard InChI is InChI=1S/C10H16N2O4S/c1-16-10(15)7(11)6-17-5-4-12-8(13)2-3-9(12)14/h7H,2-6,11H2,1H3. The molecule has 1 aliphatic rings. The van der Waals surface area contributed by atoms with Crippen LogP contribution in [-0.2, 0) is 19.1 Å². The van der Waals surface area contributed by atoms with E-state index in [1.54, 1.807) is 0 Å². The van der Waals surface area contributed by atoms with E-state index in [-0.39, 0.29) is 11.8 Å². The number of hydrogen-bond donors (Lipinski definition) is 1. The monoisotopic (exact) mass is 260 g/mol. The van der Waals surface area contributed by atoms with Crippen LogP contribution in [0.2, 0.25) is 0 Å². The van der Waals surface area contributed by atoms with Gasteiger partial charge in [0.15, 0.2) is 0 Å². The lowest BCUT2D eigenvalue weighted by Gasteiger charge is -2.14. The number of imide groups is 1. The number of nitrogens with zero attached hydrogens (tertiary/aromatic N) is 1. The molecule has 0 saturated carbocycles. The number of nitrogens with two attached hydrogens (primary N) is 1. The van der Waals surface area contributed by atoms with E-state index >= 15 is 0 Å². The summed E-state index contributed by atoms with van der Waals surface area (Å²) in [4.78, 5) is 34.8. The van der Waals surface area contributed by atoms with Crippen molar-refractivity contribution in [2.24, 2.45) is 5.73 Å². The van der Waals surface area contributed by atoms with Crippen molar-refractivity contribution in [2.45, 2.75) is 18.9 Å². The Kier molecular flexibility index (Phi) is 5.43. The molecule has 1 heterocycles. The van der Waals surface area contributed by atoms with Crippen LogP contribution in [0.3, 0.4) is 0 Å². The number of thioether (sulfide) groups is 1. The van der Waals surface area contributed by atoms with Gasteiger partial charge in [-0.05, 0) is 0 Å². The molecule has 0 aromatic rings. The molecular weight excluding hydrogens is 244 g/mol. The second-order valence-electron chi connectivity index (χ2n) is 3.64. The molecular formula is C10H16N2O4S. The van der Waals surface area contributed by atoms with Crippen LogP contribution in [0, 0.1) is 0 Å². The van der Waals surface area contributed by atoms with E-state index in [2.05, 4.69) is 4.74 Å². The number of amides is 2. The number of hydrogen-bond acceptors (Lipinski definition) is 6. The van der Waals surface area contributed by atoms with Crippen LogP contribution in [-0.4, -0.2) is 53.9 Å². The molecule has 6 nitrogen and oxygen atoms in total. The Balaban J connectivity index is 2.18. The van der Waals surface area contributed by atoms with Crippen LogP contribution in [0.15, 0.2) is 0 Å². The molecule has 96 valence electrons. The van der Waals surface area contributed by atoms with Gasteiger partial charge in [-0.3, -0.25) is 19.3 Å². The number of rotatable bonds is 6. The van der Waals surface area contributed by atoms with E-state index < -0.39 is 12.0 Å². The fourth-order valence-electron chi connectivity index (χ4n) is 1.46. The molecule has 0 aromatic carbocycles. The van der Waals surface area contributed by atoms with Crippen LogP contribution in [0.1, 0.15) is 12.8 Å². The molecule has 1 saturated heterocycles. The molecule has 0 radical (unpaired) electrons. The van der Waals surface area contributed by atoms with E-state index in [1.807, 2.05) is 0 Å². The molecule has 0 spiro atoms. The van der Waals surface area contributed by atoms with Gasteiger partial charge in [0.2, 0.25) is 11.8 Å². The average Bonchev–Trinajstić information content (AvgIpc) is 2.64.